The van der Waals surface area contributed by atoms with E-state index in [1.54, 1.807) is 0 Å². The highest BCUT2D eigenvalue weighted by Gasteiger charge is 2.36. The van der Waals surface area contributed by atoms with Gasteiger partial charge in [0.1, 0.15) is 5.75 Å². The summed E-state index contributed by atoms with van der Waals surface area (Å²) in [4.78, 5) is 4.92. The molecule has 2 aliphatic rings. The van der Waals surface area contributed by atoms with Crippen molar-refractivity contribution >= 4 is 0 Å². The number of hydrogen-bond donors (Lipinski definition) is 1. The molecule has 2 aliphatic heterocycles. The SMILES string of the molecule is CCCN(C)C[C@@H]1O[C@H](C2CCN(Cc3ccccc3)CC2)Cc2c1ccc(C)c2O. The fourth-order valence-corrected chi connectivity index (χ4v) is 5.32. The molecule has 0 amide bonds. The van der Waals surface area contributed by atoms with Gasteiger partial charge in [-0.3, -0.25) is 4.90 Å². The minimum Gasteiger partial charge on any atom is -0.507 e. The van der Waals surface area contributed by atoms with Crippen LogP contribution < -0.4 is 0 Å². The van der Waals surface area contributed by atoms with Crippen LogP contribution in [-0.4, -0.2) is 54.2 Å². The van der Waals surface area contributed by atoms with Crippen LogP contribution in [0.2, 0.25) is 0 Å². The highest BCUT2D eigenvalue weighted by Crippen LogP contribution is 2.41. The molecule has 0 aromatic heterocycles. The normalized spacial score (nSPS) is 22.6. The fraction of sp³-hybridized carbons (Fsp3) is 0.556. The molecular formula is C27H38N2O2. The van der Waals surface area contributed by atoms with Crippen LogP contribution in [0.15, 0.2) is 42.5 Å². The van der Waals surface area contributed by atoms with Gasteiger partial charge in [0, 0.05) is 25.1 Å². The number of ether oxygens (including phenoxy) is 1. The van der Waals surface area contributed by atoms with Crippen molar-refractivity contribution in [3.8, 4) is 5.75 Å². The maximum Gasteiger partial charge on any atom is 0.122 e. The topological polar surface area (TPSA) is 35.9 Å². The van der Waals surface area contributed by atoms with Crippen molar-refractivity contribution in [1.29, 1.82) is 0 Å². The molecule has 0 radical (unpaired) electrons. The number of aryl methyl sites for hydroxylation is 1. The molecule has 2 atom stereocenters. The van der Waals surface area contributed by atoms with E-state index in [1.165, 1.54) is 11.1 Å². The molecule has 4 heteroatoms. The zero-order chi connectivity index (χ0) is 21.8. The van der Waals surface area contributed by atoms with Crippen LogP contribution in [0.4, 0.5) is 0 Å². The Balaban J connectivity index is 1.44. The average Bonchev–Trinajstić information content (AvgIpc) is 2.78. The van der Waals surface area contributed by atoms with E-state index >= 15 is 0 Å². The van der Waals surface area contributed by atoms with Crippen LogP contribution in [0, 0.1) is 12.8 Å². The summed E-state index contributed by atoms with van der Waals surface area (Å²) < 4.78 is 6.75. The number of phenolic OH excluding ortho intramolecular Hbond substituents is 1. The van der Waals surface area contributed by atoms with E-state index < -0.39 is 0 Å². The van der Waals surface area contributed by atoms with Crippen molar-refractivity contribution in [3.63, 3.8) is 0 Å². The van der Waals surface area contributed by atoms with Gasteiger partial charge in [-0.1, -0.05) is 49.4 Å². The molecule has 1 N–H and O–H groups in total. The van der Waals surface area contributed by atoms with Gasteiger partial charge in [-0.15, -0.1) is 0 Å². The van der Waals surface area contributed by atoms with Crippen LogP contribution in [0.5, 0.6) is 5.75 Å². The van der Waals surface area contributed by atoms with Crippen molar-refractivity contribution in [2.24, 2.45) is 5.92 Å². The van der Waals surface area contributed by atoms with E-state index in [1.807, 2.05) is 13.0 Å². The number of fused-ring (bicyclic) bond motifs is 1. The Morgan fingerprint density at radius 2 is 1.84 bits per heavy atom. The Morgan fingerprint density at radius 3 is 2.55 bits per heavy atom. The first-order valence-corrected chi connectivity index (χ1v) is 12.0. The van der Waals surface area contributed by atoms with E-state index in [0.717, 1.165) is 69.5 Å². The van der Waals surface area contributed by atoms with Gasteiger partial charge in [0.15, 0.2) is 0 Å². The molecule has 1 saturated heterocycles. The maximum absolute atomic E-state index is 10.8. The Labute approximate surface area is 187 Å². The number of likely N-dealkylation sites (N-methyl/N-ethyl adjacent to an activating group) is 1. The summed E-state index contributed by atoms with van der Waals surface area (Å²) in [7, 11) is 2.17. The van der Waals surface area contributed by atoms with E-state index in [4.69, 9.17) is 4.74 Å². The van der Waals surface area contributed by atoms with Gasteiger partial charge < -0.3 is 14.7 Å². The number of phenols is 1. The van der Waals surface area contributed by atoms with Crippen LogP contribution in [0.3, 0.4) is 0 Å². The average molecular weight is 423 g/mol. The minimum atomic E-state index is 0.0409. The second-order valence-corrected chi connectivity index (χ2v) is 9.53. The van der Waals surface area contributed by atoms with Crippen LogP contribution in [0.1, 0.15) is 54.5 Å². The lowest BCUT2D eigenvalue weighted by Gasteiger charge is -2.41. The van der Waals surface area contributed by atoms with E-state index in [-0.39, 0.29) is 12.2 Å². The molecule has 0 bridgehead atoms. The van der Waals surface area contributed by atoms with Gasteiger partial charge in [0.25, 0.3) is 0 Å². The first-order valence-electron chi connectivity index (χ1n) is 12.0. The standard InChI is InChI=1S/C27H38N2O2/c1-4-14-28(3)19-26-23-11-10-20(2)27(30)24(23)17-25(31-26)22-12-15-29(16-13-22)18-21-8-6-5-7-9-21/h5-11,22,25-26,30H,4,12-19H2,1-3H3/t25-,26-/m0/s1. The maximum atomic E-state index is 10.8. The zero-order valence-electron chi connectivity index (χ0n) is 19.4. The number of piperidine rings is 1. The summed E-state index contributed by atoms with van der Waals surface area (Å²) >= 11 is 0. The highest BCUT2D eigenvalue weighted by molar-refractivity contribution is 5.47. The van der Waals surface area contributed by atoms with Gasteiger partial charge in [-0.2, -0.15) is 0 Å². The Kier molecular flexibility index (Phi) is 7.31. The van der Waals surface area contributed by atoms with Gasteiger partial charge in [0.05, 0.1) is 12.2 Å². The molecule has 0 saturated carbocycles. The monoisotopic (exact) mass is 422 g/mol. The molecule has 4 nitrogen and oxygen atoms in total. The first kappa shape index (κ1) is 22.3. The molecule has 0 spiro atoms. The Morgan fingerprint density at radius 1 is 1.10 bits per heavy atom. The first-order chi connectivity index (χ1) is 15.0. The molecule has 31 heavy (non-hydrogen) atoms. The summed E-state index contributed by atoms with van der Waals surface area (Å²) in [6.07, 6.45) is 4.53. The van der Waals surface area contributed by atoms with Crippen molar-refractivity contribution in [1.82, 2.24) is 9.80 Å². The van der Waals surface area contributed by atoms with Crippen LogP contribution in [0.25, 0.3) is 0 Å². The summed E-state index contributed by atoms with van der Waals surface area (Å²) in [5.41, 5.74) is 4.67. The summed E-state index contributed by atoms with van der Waals surface area (Å²) in [6, 6.07) is 15.0. The molecule has 0 aliphatic carbocycles. The lowest BCUT2D eigenvalue weighted by molar-refractivity contribution is -0.0776. The molecule has 1 fully saturated rings. The molecule has 0 unspecified atom stereocenters. The third-order valence-electron chi connectivity index (χ3n) is 7.10. The number of rotatable bonds is 7. The number of aromatic hydroxyl groups is 1. The summed E-state index contributed by atoms with van der Waals surface area (Å²) in [5, 5.41) is 10.8. The lowest BCUT2D eigenvalue weighted by Crippen LogP contribution is -2.42. The number of benzene rings is 2. The van der Waals surface area contributed by atoms with Gasteiger partial charge in [-0.05, 0) is 75.5 Å². The summed E-state index contributed by atoms with van der Waals surface area (Å²) in [5.74, 6) is 1.04. The number of nitrogens with zero attached hydrogens (tertiary/aromatic N) is 2. The third kappa shape index (κ3) is 5.31. The number of hydrogen-bond acceptors (Lipinski definition) is 4. The largest absolute Gasteiger partial charge is 0.507 e. The smallest absolute Gasteiger partial charge is 0.122 e. The lowest BCUT2D eigenvalue weighted by atomic mass is 9.83. The van der Waals surface area contributed by atoms with E-state index in [2.05, 4.69) is 60.2 Å². The minimum absolute atomic E-state index is 0.0409. The van der Waals surface area contributed by atoms with Crippen LogP contribution >= 0.6 is 0 Å². The van der Waals surface area contributed by atoms with Gasteiger partial charge in [-0.25, -0.2) is 0 Å². The van der Waals surface area contributed by atoms with Gasteiger partial charge in [0.2, 0.25) is 0 Å². The molecule has 2 heterocycles. The second kappa shape index (κ2) is 10.2. The van der Waals surface area contributed by atoms with E-state index in [0.29, 0.717) is 11.7 Å². The quantitative estimate of drug-likeness (QED) is 0.686. The van der Waals surface area contributed by atoms with E-state index in [9.17, 15) is 5.11 Å². The second-order valence-electron chi connectivity index (χ2n) is 9.53. The molecule has 2 aromatic carbocycles. The Bertz CT molecular complexity index is 846. The molecule has 168 valence electrons. The van der Waals surface area contributed by atoms with Crippen molar-refractivity contribution in [2.75, 3.05) is 33.2 Å². The third-order valence-corrected chi connectivity index (χ3v) is 7.10. The number of likely N-dealkylation sites (tertiary alicyclic amines) is 1. The zero-order valence-corrected chi connectivity index (χ0v) is 19.4. The van der Waals surface area contributed by atoms with Crippen molar-refractivity contribution in [3.05, 3.63) is 64.7 Å². The molecule has 2 aromatic rings. The predicted octanol–water partition coefficient (Wildman–Crippen LogP) is 4.94. The van der Waals surface area contributed by atoms with Crippen molar-refractivity contribution < 1.29 is 9.84 Å². The Hall–Kier alpha value is -1.88. The predicted molar refractivity (Wildman–Crippen MR) is 126 cm³/mol. The highest BCUT2D eigenvalue weighted by atomic mass is 16.5. The molecular weight excluding hydrogens is 384 g/mol. The summed E-state index contributed by atoms with van der Waals surface area (Å²) in [6.45, 7) is 9.43. The van der Waals surface area contributed by atoms with Crippen molar-refractivity contribution in [2.45, 2.75) is 58.3 Å². The van der Waals surface area contributed by atoms with Crippen LogP contribution in [-0.2, 0) is 17.7 Å². The molecule has 4 rings (SSSR count). The van der Waals surface area contributed by atoms with Gasteiger partial charge >= 0.3 is 0 Å². The fourth-order valence-electron chi connectivity index (χ4n) is 5.32.